The van der Waals surface area contributed by atoms with E-state index in [-0.39, 0.29) is 24.0 Å². The van der Waals surface area contributed by atoms with E-state index in [1.165, 1.54) is 12.5 Å². The molecule has 2 heterocycles. The van der Waals surface area contributed by atoms with Crippen LogP contribution in [-0.2, 0) is 9.53 Å². The first kappa shape index (κ1) is 23.7. The molecule has 2 N–H and O–H groups in total. The Labute approximate surface area is 192 Å². The largest absolute Gasteiger partial charge is 0.389 e. The van der Waals surface area contributed by atoms with Crippen LogP contribution in [0, 0.1) is 5.92 Å². The van der Waals surface area contributed by atoms with E-state index >= 15 is 0 Å². The summed E-state index contributed by atoms with van der Waals surface area (Å²) in [4.78, 5) is 15.9. The number of hydrogen-bond donors (Lipinski definition) is 2. The molecule has 1 amide bonds. The summed E-state index contributed by atoms with van der Waals surface area (Å²) in [6.45, 7) is 6.15. The van der Waals surface area contributed by atoms with E-state index in [1.807, 2.05) is 6.92 Å². The minimum absolute atomic E-state index is 0.0568. The molecule has 0 radical (unpaired) electrons. The van der Waals surface area contributed by atoms with Gasteiger partial charge in [0.05, 0.1) is 30.0 Å². The van der Waals surface area contributed by atoms with Crippen molar-refractivity contribution in [3.8, 4) is 0 Å². The number of carbonyl (C=O) groups excluding carboxylic acids is 1. The SMILES string of the molecule is CC(=O)N(C)[C@@H]1CO[C@@H]2CCN(CC3(O)CCC(c4ccccc4)CC3)C[C@@H]2C[C@@]1(C)O. The molecule has 178 valence electrons. The van der Waals surface area contributed by atoms with Gasteiger partial charge in [-0.25, -0.2) is 0 Å². The summed E-state index contributed by atoms with van der Waals surface area (Å²) in [5.41, 5.74) is -0.241. The predicted molar refractivity (Wildman–Crippen MR) is 124 cm³/mol. The van der Waals surface area contributed by atoms with Gasteiger partial charge in [-0.15, -0.1) is 0 Å². The molecule has 6 nitrogen and oxygen atoms in total. The second-order valence-electron chi connectivity index (χ2n) is 10.8. The zero-order valence-corrected chi connectivity index (χ0v) is 19.9. The van der Waals surface area contributed by atoms with Crippen molar-refractivity contribution in [2.45, 2.75) is 81.6 Å². The van der Waals surface area contributed by atoms with Crippen molar-refractivity contribution in [1.82, 2.24) is 9.80 Å². The Morgan fingerprint density at radius 2 is 1.88 bits per heavy atom. The lowest BCUT2D eigenvalue weighted by molar-refractivity contribution is -0.138. The molecule has 0 bridgehead atoms. The van der Waals surface area contributed by atoms with Gasteiger partial charge in [0.1, 0.15) is 0 Å². The molecule has 4 rings (SSSR count). The minimum atomic E-state index is -0.993. The van der Waals surface area contributed by atoms with Crippen molar-refractivity contribution >= 4 is 5.91 Å². The first-order valence-electron chi connectivity index (χ1n) is 12.2. The molecule has 2 saturated heterocycles. The quantitative estimate of drug-likeness (QED) is 0.747. The first-order valence-corrected chi connectivity index (χ1v) is 12.2. The Morgan fingerprint density at radius 3 is 2.53 bits per heavy atom. The van der Waals surface area contributed by atoms with Gasteiger partial charge < -0.3 is 24.7 Å². The van der Waals surface area contributed by atoms with Gasteiger partial charge in [0.15, 0.2) is 0 Å². The number of likely N-dealkylation sites (tertiary alicyclic amines) is 1. The van der Waals surface area contributed by atoms with E-state index in [0.717, 1.165) is 45.2 Å². The third-order valence-electron chi connectivity index (χ3n) is 8.28. The van der Waals surface area contributed by atoms with Crippen LogP contribution in [-0.4, -0.2) is 82.6 Å². The first-order chi connectivity index (χ1) is 15.2. The highest BCUT2D eigenvalue weighted by Crippen LogP contribution is 2.40. The van der Waals surface area contributed by atoms with Gasteiger partial charge in [0.2, 0.25) is 5.91 Å². The lowest BCUT2D eigenvalue weighted by atomic mass is 9.75. The Morgan fingerprint density at radius 1 is 1.19 bits per heavy atom. The van der Waals surface area contributed by atoms with Crippen LogP contribution in [0.2, 0.25) is 0 Å². The molecule has 4 atom stereocenters. The Bertz CT molecular complexity index is 775. The Kier molecular flexibility index (Phi) is 6.97. The molecule has 32 heavy (non-hydrogen) atoms. The standard InChI is InChI=1S/C26H40N2O4/c1-19(29)27(3)24-17-32-23-11-14-28(16-22(23)15-25(24,2)30)18-26(31)12-9-21(10-13-26)20-7-5-4-6-8-20/h4-8,21-24,30-31H,9-18H2,1-3H3/t21?,22-,23+,24+,25+,26?/m0/s1. The fourth-order valence-corrected chi connectivity index (χ4v) is 6.24. The van der Waals surface area contributed by atoms with E-state index in [9.17, 15) is 15.0 Å². The molecule has 6 heteroatoms. The van der Waals surface area contributed by atoms with Gasteiger partial charge in [0.25, 0.3) is 0 Å². The van der Waals surface area contributed by atoms with Gasteiger partial charge in [-0.3, -0.25) is 4.79 Å². The normalized spacial score (nSPS) is 38.5. The molecule has 2 aliphatic heterocycles. The molecule has 3 fully saturated rings. The maximum absolute atomic E-state index is 11.9. The van der Waals surface area contributed by atoms with Gasteiger partial charge in [-0.1, -0.05) is 30.3 Å². The molecule has 0 unspecified atom stereocenters. The average Bonchev–Trinajstić information content (AvgIpc) is 2.88. The monoisotopic (exact) mass is 444 g/mol. The second-order valence-corrected chi connectivity index (χ2v) is 10.8. The number of ether oxygens (including phenoxy) is 1. The third-order valence-corrected chi connectivity index (χ3v) is 8.28. The van der Waals surface area contributed by atoms with Gasteiger partial charge in [-0.05, 0) is 56.9 Å². The Balaban J connectivity index is 1.35. The molecule has 0 spiro atoms. The van der Waals surface area contributed by atoms with Crippen LogP contribution >= 0.6 is 0 Å². The van der Waals surface area contributed by atoms with Crippen LogP contribution < -0.4 is 0 Å². The van der Waals surface area contributed by atoms with Crippen molar-refractivity contribution in [1.29, 1.82) is 0 Å². The number of carbonyl (C=O) groups is 1. The average molecular weight is 445 g/mol. The summed E-state index contributed by atoms with van der Waals surface area (Å²) in [6.07, 6.45) is 5.32. The van der Waals surface area contributed by atoms with Crippen LogP contribution in [0.1, 0.15) is 63.9 Å². The lowest BCUT2D eigenvalue weighted by Gasteiger charge is -2.44. The molecule has 0 aromatic heterocycles. The number of nitrogens with zero attached hydrogens (tertiary/aromatic N) is 2. The molecular weight excluding hydrogens is 404 g/mol. The summed E-state index contributed by atoms with van der Waals surface area (Å²) in [7, 11) is 1.74. The fraction of sp³-hybridized carbons (Fsp3) is 0.731. The molecule has 1 saturated carbocycles. The molecule has 1 aromatic carbocycles. The highest BCUT2D eigenvalue weighted by atomic mass is 16.5. The van der Waals surface area contributed by atoms with Crippen molar-refractivity contribution in [2.75, 3.05) is 33.3 Å². The maximum atomic E-state index is 11.9. The summed E-state index contributed by atoms with van der Waals surface area (Å²) in [5, 5.41) is 22.6. The van der Waals surface area contributed by atoms with E-state index in [0.29, 0.717) is 25.5 Å². The zero-order valence-electron chi connectivity index (χ0n) is 19.9. The minimum Gasteiger partial charge on any atom is -0.389 e. The summed E-state index contributed by atoms with van der Waals surface area (Å²) in [6, 6.07) is 10.3. The summed E-state index contributed by atoms with van der Waals surface area (Å²) < 4.78 is 6.21. The van der Waals surface area contributed by atoms with E-state index in [1.54, 1.807) is 11.9 Å². The van der Waals surface area contributed by atoms with Crippen molar-refractivity contribution in [3.05, 3.63) is 35.9 Å². The smallest absolute Gasteiger partial charge is 0.219 e. The van der Waals surface area contributed by atoms with Crippen molar-refractivity contribution in [3.63, 3.8) is 0 Å². The number of likely N-dealkylation sites (N-methyl/N-ethyl adjacent to an activating group) is 1. The third kappa shape index (κ3) is 5.19. The number of benzene rings is 1. The van der Waals surface area contributed by atoms with Crippen LogP contribution in [0.3, 0.4) is 0 Å². The fourth-order valence-electron chi connectivity index (χ4n) is 6.24. The number of piperidine rings is 1. The lowest BCUT2D eigenvalue weighted by Crippen LogP contribution is -2.54. The summed E-state index contributed by atoms with van der Waals surface area (Å²) >= 11 is 0. The van der Waals surface area contributed by atoms with Crippen LogP contribution in [0.25, 0.3) is 0 Å². The highest BCUT2D eigenvalue weighted by Gasteiger charge is 2.46. The maximum Gasteiger partial charge on any atom is 0.219 e. The van der Waals surface area contributed by atoms with Crippen LogP contribution in [0.15, 0.2) is 30.3 Å². The molecule has 1 aliphatic carbocycles. The van der Waals surface area contributed by atoms with E-state index in [4.69, 9.17) is 4.74 Å². The van der Waals surface area contributed by atoms with Gasteiger partial charge >= 0.3 is 0 Å². The van der Waals surface area contributed by atoms with Gasteiger partial charge in [0, 0.05) is 39.5 Å². The van der Waals surface area contributed by atoms with E-state index < -0.39 is 11.2 Å². The number of aliphatic hydroxyl groups is 2. The summed E-state index contributed by atoms with van der Waals surface area (Å²) in [5.74, 6) is 0.690. The molecule has 1 aromatic rings. The highest BCUT2D eigenvalue weighted by molar-refractivity contribution is 5.73. The number of rotatable bonds is 4. The molecule has 3 aliphatic rings. The number of fused-ring (bicyclic) bond motifs is 1. The second kappa shape index (κ2) is 9.41. The predicted octanol–water partition coefficient (Wildman–Crippen LogP) is 2.78. The number of amides is 1. The Hall–Kier alpha value is -1.47. The topological polar surface area (TPSA) is 73.2 Å². The van der Waals surface area contributed by atoms with Crippen molar-refractivity contribution in [2.24, 2.45) is 5.92 Å². The number of hydrogen-bond acceptors (Lipinski definition) is 5. The van der Waals surface area contributed by atoms with E-state index in [2.05, 4.69) is 35.2 Å². The van der Waals surface area contributed by atoms with Gasteiger partial charge in [-0.2, -0.15) is 0 Å². The molecular formula is C26H40N2O4. The van der Waals surface area contributed by atoms with Crippen molar-refractivity contribution < 1.29 is 19.7 Å². The van der Waals surface area contributed by atoms with Crippen LogP contribution in [0.5, 0.6) is 0 Å². The zero-order chi connectivity index (χ0) is 22.9. The van der Waals surface area contributed by atoms with Crippen LogP contribution in [0.4, 0.5) is 0 Å². The number of β-amino-alcohol motifs (C(OH)–C–C–N with tert-alkyl or cyclic N) is 1.